The first-order valence-corrected chi connectivity index (χ1v) is 8.24. The number of carbonyl (C=O) groups is 1. The number of amides is 1. The van der Waals surface area contributed by atoms with E-state index in [2.05, 4.69) is 21.7 Å². The number of benzene rings is 1. The molecule has 0 fully saturated rings. The van der Waals surface area contributed by atoms with Crippen molar-refractivity contribution in [2.45, 2.75) is 12.0 Å². The minimum Gasteiger partial charge on any atom is -0.492 e. The van der Waals surface area contributed by atoms with E-state index >= 15 is 0 Å². The van der Waals surface area contributed by atoms with E-state index in [0.29, 0.717) is 13.2 Å². The van der Waals surface area contributed by atoms with Gasteiger partial charge in [-0.3, -0.25) is 4.79 Å². The first kappa shape index (κ1) is 15.1. The summed E-state index contributed by atoms with van der Waals surface area (Å²) >= 11 is 1.71. The van der Waals surface area contributed by atoms with Gasteiger partial charge in [-0.2, -0.15) is 0 Å². The molecule has 0 bridgehead atoms. The smallest absolute Gasteiger partial charge is 0.231 e. The largest absolute Gasteiger partial charge is 0.492 e. The van der Waals surface area contributed by atoms with Crippen LogP contribution in [-0.2, 0) is 4.79 Å². The molecule has 116 valence electrons. The monoisotopic (exact) mass is 316 g/mol. The highest BCUT2D eigenvalue weighted by atomic mass is 32.1. The topological polar surface area (TPSA) is 41.6 Å². The lowest BCUT2D eigenvalue weighted by Crippen LogP contribution is -2.37. The lowest BCUT2D eigenvalue weighted by Gasteiger charge is -2.24. The van der Waals surface area contributed by atoms with E-state index in [-0.39, 0.29) is 17.9 Å². The van der Waals surface area contributed by atoms with E-state index in [0.717, 1.165) is 11.3 Å². The fraction of sp³-hybridized carbons (Fsp3) is 0.353. The Morgan fingerprint density at radius 2 is 2.18 bits per heavy atom. The quantitative estimate of drug-likeness (QED) is 0.922. The number of para-hydroxylation sites is 1. The maximum Gasteiger partial charge on any atom is 0.231 e. The van der Waals surface area contributed by atoms with Crippen molar-refractivity contribution in [2.75, 3.05) is 27.2 Å². The van der Waals surface area contributed by atoms with E-state index < -0.39 is 0 Å². The fourth-order valence-electron chi connectivity index (χ4n) is 2.72. The molecule has 5 heteroatoms. The Balaban J connectivity index is 1.65. The molecule has 2 heterocycles. The molecule has 0 aliphatic carbocycles. The van der Waals surface area contributed by atoms with Gasteiger partial charge in [-0.15, -0.1) is 11.3 Å². The van der Waals surface area contributed by atoms with Crippen LogP contribution in [0.15, 0.2) is 41.8 Å². The lowest BCUT2D eigenvalue weighted by molar-refractivity contribution is -0.122. The Morgan fingerprint density at radius 1 is 1.36 bits per heavy atom. The summed E-state index contributed by atoms with van der Waals surface area (Å²) in [6, 6.07) is 12.1. The number of hydrogen-bond donors (Lipinski definition) is 1. The van der Waals surface area contributed by atoms with Crippen LogP contribution in [0.5, 0.6) is 5.75 Å². The van der Waals surface area contributed by atoms with Crippen LogP contribution < -0.4 is 10.1 Å². The first-order chi connectivity index (χ1) is 10.7. The molecule has 1 aliphatic rings. The Labute approximate surface area is 134 Å². The Kier molecular flexibility index (Phi) is 4.45. The summed E-state index contributed by atoms with van der Waals surface area (Å²) in [5.74, 6) is 0.653. The van der Waals surface area contributed by atoms with Gasteiger partial charge in [0.1, 0.15) is 18.3 Å². The zero-order valence-corrected chi connectivity index (χ0v) is 13.6. The molecular formula is C17H20N2O2S. The van der Waals surface area contributed by atoms with Crippen LogP contribution in [0.4, 0.5) is 0 Å². The van der Waals surface area contributed by atoms with Crippen molar-refractivity contribution in [2.24, 2.45) is 0 Å². The second-order valence-corrected chi connectivity index (χ2v) is 6.62. The lowest BCUT2D eigenvalue weighted by atomic mass is 10.0. The number of hydrogen-bond acceptors (Lipinski definition) is 4. The maximum absolute atomic E-state index is 12.5. The van der Waals surface area contributed by atoms with Crippen LogP contribution in [0.3, 0.4) is 0 Å². The molecule has 1 aromatic heterocycles. The van der Waals surface area contributed by atoms with Crippen molar-refractivity contribution >= 4 is 17.2 Å². The van der Waals surface area contributed by atoms with E-state index in [1.807, 2.05) is 44.4 Å². The first-order valence-electron chi connectivity index (χ1n) is 7.36. The minimum atomic E-state index is -0.206. The average Bonchev–Trinajstić information content (AvgIpc) is 3.16. The molecule has 0 saturated heterocycles. The number of likely N-dealkylation sites (N-methyl/N-ethyl adjacent to an activating group) is 1. The number of carbonyl (C=O) groups excluding carboxylic acids is 1. The summed E-state index contributed by atoms with van der Waals surface area (Å²) in [5.41, 5.74) is 0.984. The van der Waals surface area contributed by atoms with Crippen LogP contribution in [0, 0.1) is 0 Å². The van der Waals surface area contributed by atoms with Crippen molar-refractivity contribution in [3.8, 4) is 5.75 Å². The van der Waals surface area contributed by atoms with Crippen molar-refractivity contribution in [1.29, 1.82) is 0 Å². The van der Waals surface area contributed by atoms with Gasteiger partial charge in [-0.05, 0) is 31.6 Å². The van der Waals surface area contributed by atoms with Gasteiger partial charge >= 0.3 is 0 Å². The molecular weight excluding hydrogens is 296 g/mol. The summed E-state index contributed by atoms with van der Waals surface area (Å²) in [6.45, 7) is 1.03. The number of nitrogens with zero attached hydrogens (tertiary/aromatic N) is 1. The predicted molar refractivity (Wildman–Crippen MR) is 88.4 cm³/mol. The van der Waals surface area contributed by atoms with Gasteiger partial charge in [0.05, 0.1) is 6.04 Å². The Morgan fingerprint density at radius 3 is 2.91 bits per heavy atom. The number of fused-ring (bicyclic) bond motifs is 1. The molecule has 2 atom stereocenters. The van der Waals surface area contributed by atoms with Gasteiger partial charge in [-0.25, -0.2) is 0 Å². The zero-order valence-electron chi connectivity index (χ0n) is 12.8. The molecule has 1 N–H and O–H groups in total. The van der Waals surface area contributed by atoms with E-state index in [9.17, 15) is 4.79 Å². The summed E-state index contributed by atoms with van der Waals surface area (Å²) in [6.07, 6.45) is 0. The Bertz CT molecular complexity index is 640. The highest BCUT2D eigenvalue weighted by Crippen LogP contribution is 2.33. The third-order valence-electron chi connectivity index (χ3n) is 3.98. The molecule has 1 aliphatic heterocycles. The summed E-state index contributed by atoms with van der Waals surface area (Å²) in [7, 11) is 4.06. The molecule has 0 radical (unpaired) electrons. The van der Waals surface area contributed by atoms with E-state index in [1.165, 1.54) is 4.88 Å². The third-order valence-corrected chi connectivity index (χ3v) is 4.95. The molecule has 0 unspecified atom stereocenters. The molecule has 3 rings (SSSR count). The van der Waals surface area contributed by atoms with Gasteiger partial charge < -0.3 is 15.0 Å². The predicted octanol–water partition coefficient (Wildman–Crippen LogP) is 2.64. The van der Waals surface area contributed by atoms with Crippen LogP contribution >= 0.6 is 11.3 Å². The SMILES string of the molecule is CN(C)[C@H](CNC(=O)[C@@H]1COc2ccccc21)c1cccs1. The third kappa shape index (κ3) is 3.00. The van der Waals surface area contributed by atoms with Crippen LogP contribution in [-0.4, -0.2) is 38.1 Å². The summed E-state index contributed by atoms with van der Waals surface area (Å²) < 4.78 is 5.59. The second kappa shape index (κ2) is 6.50. The molecule has 1 aromatic carbocycles. The zero-order chi connectivity index (χ0) is 15.5. The van der Waals surface area contributed by atoms with Crippen molar-refractivity contribution < 1.29 is 9.53 Å². The van der Waals surface area contributed by atoms with E-state index in [4.69, 9.17) is 4.74 Å². The number of nitrogens with one attached hydrogen (secondary N) is 1. The highest BCUT2D eigenvalue weighted by molar-refractivity contribution is 7.10. The number of rotatable bonds is 5. The minimum absolute atomic E-state index is 0.0355. The molecule has 22 heavy (non-hydrogen) atoms. The van der Waals surface area contributed by atoms with Crippen molar-refractivity contribution in [1.82, 2.24) is 10.2 Å². The van der Waals surface area contributed by atoms with Gasteiger partial charge in [0.2, 0.25) is 5.91 Å². The van der Waals surface area contributed by atoms with Gasteiger partial charge in [0.25, 0.3) is 0 Å². The molecule has 1 amide bonds. The molecule has 0 spiro atoms. The van der Waals surface area contributed by atoms with Gasteiger partial charge in [0, 0.05) is 17.0 Å². The van der Waals surface area contributed by atoms with Crippen LogP contribution in [0.25, 0.3) is 0 Å². The van der Waals surface area contributed by atoms with Crippen LogP contribution in [0.2, 0.25) is 0 Å². The van der Waals surface area contributed by atoms with Crippen LogP contribution in [0.1, 0.15) is 22.4 Å². The second-order valence-electron chi connectivity index (χ2n) is 5.64. The summed E-state index contributed by atoms with van der Waals surface area (Å²) in [5, 5.41) is 5.15. The van der Waals surface area contributed by atoms with Gasteiger partial charge in [-0.1, -0.05) is 24.3 Å². The Hall–Kier alpha value is -1.85. The van der Waals surface area contributed by atoms with Crippen molar-refractivity contribution in [3.63, 3.8) is 0 Å². The summed E-state index contributed by atoms with van der Waals surface area (Å²) in [4.78, 5) is 15.9. The normalized spacial score (nSPS) is 17.9. The van der Waals surface area contributed by atoms with Gasteiger partial charge in [0.15, 0.2) is 0 Å². The molecule has 4 nitrogen and oxygen atoms in total. The maximum atomic E-state index is 12.5. The number of ether oxygens (including phenoxy) is 1. The van der Waals surface area contributed by atoms with E-state index in [1.54, 1.807) is 11.3 Å². The standard InChI is InChI=1S/C17H20N2O2S/c1-19(2)14(16-8-5-9-22-16)10-18-17(20)13-11-21-15-7-4-3-6-12(13)15/h3-9,13-14H,10-11H2,1-2H3,(H,18,20)/t13-,14-/m1/s1. The number of thiophene rings is 1. The average molecular weight is 316 g/mol. The van der Waals surface area contributed by atoms with Crippen molar-refractivity contribution in [3.05, 3.63) is 52.2 Å². The fourth-order valence-corrected chi connectivity index (χ4v) is 3.64. The highest BCUT2D eigenvalue weighted by Gasteiger charge is 2.30. The molecule has 2 aromatic rings. The molecule has 0 saturated carbocycles.